The first-order valence-electron chi connectivity index (χ1n) is 7.95. The van der Waals surface area contributed by atoms with Crippen LogP contribution < -0.4 is 15.8 Å². The van der Waals surface area contributed by atoms with Crippen LogP contribution in [0.2, 0.25) is 0 Å². The molecule has 1 aromatic carbocycles. The zero-order chi connectivity index (χ0) is 18.2. The fourth-order valence-electron chi connectivity index (χ4n) is 2.23. The smallest absolute Gasteiger partial charge is 0.251 e. The molecule has 9 heteroatoms. The summed E-state index contributed by atoms with van der Waals surface area (Å²) >= 11 is 0. The Hall–Kier alpha value is -1.19. The molecule has 0 unspecified atom stereocenters. The standard InChI is InChI=1S/C16H27N3O4S.ClH/c1-4-16(5-2,12-17)19-15(20)13-6-8-14(9-7-13)24(21,22)18-10-11-23-3;/h6-9,18H,4-5,10-12,17H2,1-3H3,(H,19,20);1H. The lowest BCUT2D eigenvalue weighted by Gasteiger charge is -2.31. The molecular formula is C16H28ClN3O4S. The highest BCUT2D eigenvalue weighted by Crippen LogP contribution is 2.16. The number of hydrogen-bond donors (Lipinski definition) is 3. The molecule has 1 aromatic rings. The molecule has 1 amide bonds. The second-order valence-corrected chi connectivity index (χ2v) is 7.33. The van der Waals surface area contributed by atoms with Crippen LogP contribution in [-0.2, 0) is 14.8 Å². The van der Waals surface area contributed by atoms with E-state index in [2.05, 4.69) is 10.0 Å². The van der Waals surface area contributed by atoms with Crippen LogP contribution in [0.25, 0.3) is 0 Å². The van der Waals surface area contributed by atoms with Gasteiger partial charge in [-0.3, -0.25) is 4.79 Å². The van der Waals surface area contributed by atoms with Gasteiger partial charge in [-0.15, -0.1) is 12.4 Å². The van der Waals surface area contributed by atoms with E-state index in [0.717, 1.165) is 12.8 Å². The molecule has 0 bridgehead atoms. The van der Waals surface area contributed by atoms with Gasteiger partial charge in [0, 0.05) is 25.8 Å². The van der Waals surface area contributed by atoms with Crippen molar-refractivity contribution in [2.45, 2.75) is 37.1 Å². The molecule has 0 aliphatic rings. The van der Waals surface area contributed by atoms with E-state index in [1.807, 2.05) is 13.8 Å². The van der Waals surface area contributed by atoms with Gasteiger partial charge in [-0.2, -0.15) is 0 Å². The first-order valence-corrected chi connectivity index (χ1v) is 9.43. The van der Waals surface area contributed by atoms with Crippen LogP contribution in [0.5, 0.6) is 0 Å². The van der Waals surface area contributed by atoms with E-state index in [9.17, 15) is 13.2 Å². The molecule has 0 aromatic heterocycles. The Morgan fingerprint density at radius 3 is 2.20 bits per heavy atom. The third kappa shape index (κ3) is 6.56. The summed E-state index contributed by atoms with van der Waals surface area (Å²) in [7, 11) is -2.11. The molecule has 0 aliphatic heterocycles. The minimum atomic E-state index is -3.61. The lowest BCUT2D eigenvalue weighted by Crippen LogP contribution is -2.52. The molecule has 0 aliphatic carbocycles. The Balaban J connectivity index is 0.00000576. The lowest BCUT2D eigenvalue weighted by molar-refractivity contribution is 0.0895. The molecule has 0 spiro atoms. The number of rotatable bonds is 10. The first kappa shape index (κ1) is 23.8. The third-order valence-corrected chi connectivity index (χ3v) is 5.62. The maximum absolute atomic E-state index is 12.4. The van der Waals surface area contributed by atoms with Crippen molar-refractivity contribution in [2.75, 3.05) is 26.8 Å². The van der Waals surface area contributed by atoms with Crippen molar-refractivity contribution in [1.82, 2.24) is 10.0 Å². The number of methoxy groups -OCH3 is 1. The number of benzene rings is 1. The van der Waals surface area contributed by atoms with Gasteiger partial charge >= 0.3 is 0 Å². The number of amides is 1. The molecular weight excluding hydrogens is 366 g/mol. The van der Waals surface area contributed by atoms with Crippen molar-refractivity contribution in [3.05, 3.63) is 29.8 Å². The summed E-state index contributed by atoms with van der Waals surface area (Å²) in [5.41, 5.74) is 5.73. The molecule has 4 N–H and O–H groups in total. The second-order valence-electron chi connectivity index (χ2n) is 5.56. The largest absolute Gasteiger partial charge is 0.383 e. The number of carbonyl (C=O) groups excluding carboxylic acids is 1. The van der Waals surface area contributed by atoms with Crippen LogP contribution in [-0.4, -0.2) is 46.7 Å². The Bertz CT molecular complexity index is 623. The van der Waals surface area contributed by atoms with E-state index in [4.69, 9.17) is 10.5 Å². The maximum atomic E-state index is 12.4. The zero-order valence-electron chi connectivity index (χ0n) is 14.9. The Labute approximate surface area is 156 Å². The summed E-state index contributed by atoms with van der Waals surface area (Å²) in [6.07, 6.45) is 1.45. The highest BCUT2D eigenvalue weighted by molar-refractivity contribution is 7.89. The second kappa shape index (κ2) is 10.7. The van der Waals surface area contributed by atoms with Crippen LogP contribution >= 0.6 is 12.4 Å². The summed E-state index contributed by atoms with van der Waals surface area (Å²) < 4.78 is 31.4. The van der Waals surface area contributed by atoms with Gasteiger partial charge in [-0.05, 0) is 37.1 Å². The van der Waals surface area contributed by atoms with E-state index >= 15 is 0 Å². The average molecular weight is 394 g/mol. The first-order chi connectivity index (χ1) is 11.3. The number of nitrogens with one attached hydrogen (secondary N) is 2. The van der Waals surface area contributed by atoms with Crippen LogP contribution in [0.15, 0.2) is 29.2 Å². The number of carbonyl (C=O) groups is 1. The van der Waals surface area contributed by atoms with E-state index in [0.29, 0.717) is 12.1 Å². The lowest BCUT2D eigenvalue weighted by atomic mass is 9.92. The molecule has 1 rings (SSSR count). The molecule has 0 heterocycles. The number of sulfonamides is 1. The van der Waals surface area contributed by atoms with Crippen LogP contribution in [0.3, 0.4) is 0 Å². The normalized spacial score (nSPS) is 11.7. The topological polar surface area (TPSA) is 111 Å². The van der Waals surface area contributed by atoms with Crippen molar-refractivity contribution in [3.63, 3.8) is 0 Å². The van der Waals surface area contributed by atoms with Gasteiger partial charge in [0.1, 0.15) is 0 Å². The van der Waals surface area contributed by atoms with Crippen molar-refractivity contribution in [3.8, 4) is 0 Å². The summed E-state index contributed by atoms with van der Waals surface area (Å²) in [6, 6.07) is 5.80. The van der Waals surface area contributed by atoms with Crippen LogP contribution in [0, 0.1) is 0 Å². The highest BCUT2D eigenvalue weighted by Gasteiger charge is 2.26. The van der Waals surface area contributed by atoms with Gasteiger partial charge in [0.25, 0.3) is 5.91 Å². The van der Waals surface area contributed by atoms with E-state index in [1.54, 1.807) is 0 Å². The Morgan fingerprint density at radius 1 is 1.20 bits per heavy atom. The molecule has 25 heavy (non-hydrogen) atoms. The van der Waals surface area contributed by atoms with E-state index in [-0.39, 0.29) is 36.4 Å². The molecule has 0 radical (unpaired) electrons. The van der Waals surface area contributed by atoms with Gasteiger partial charge in [0.15, 0.2) is 0 Å². The molecule has 144 valence electrons. The van der Waals surface area contributed by atoms with Gasteiger partial charge in [-0.25, -0.2) is 13.1 Å². The number of ether oxygens (including phenoxy) is 1. The van der Waals surface area contributed by atoms with Gasteiger partial charge in [-0.1, -0.05) is 13.8 Å². The summed E-state index contributed by atoms with van der Waals surface area (Å²) in [4.78, 5) is 12.5. The summed E-state index contributed by atoms with van der Waals surface area (Å²) in [6.45, 7) is 4.76. The minimum absolute atomic E-state index is 0. The van der Waals surface area contributed by atoms with Crippen molar-refractivity contribution < 1.29 is 17.9 Å². The van der Waals surface area contributed by atoms with Gasteiger partial charge in [0.05, 0.1) is 17.0 Å². The monoisotopic (exact) mass is 393 g/mol. The maximum Gasteiger partial charge on any atom is 0.251 e. The van der Waals surface area contributed by atoms with E-state index in [1.165, 1.54) is 31.4 Å². The quantitative estimate of drug-likeness (QED) is 0.518. The van der Waals surface area contributed by atoms with Crippen molar-refractivity contribution >= 4 is 28.3 Å². The zero-order valence-corrected chi connectivity index (χ0v) is 16.5. The third-order valence-electron chi connectivity index (χ3n) is 4.15. The fraction of sp³-hybridized carbons (Fsp3) is 0.562. The van der Waals surface area contributed by atoms with Gasteiger partial charge < -0.3 is 15.8 Å². The van der Waals surface area contributed by atoms with Crippen molar-refractivity contribution in [2.24, 2.45) is 5.73 Å². The highest BCUT2D eigenvalue weighted by atomic mass is 35.5. The minimum Gasteiger partial charge on any atom is -0.383 e. The molecule has 0 fully saturated rings. The van der Waals surface area contributed by atoms with E-state index < -0.39 is 15.6 Å². The van der Waals surface area contributed by atoms with Crippen molar-refractivity contribution in [1.29, 1.82) is 0 Å². The molecule has 0 saturated carbocycles. The fourth-order valence-corrected chi connectivity index (χ4v) is 3.24. The predicted octanol–water partition coefficient (Wildman–Crippen LogP) is 1.28. The summed E-state index contributed by atoms with van der Waals surface area (Å²) in [5.74, 6) is -0.263. The Kier molecular flexibility index (Phi) is 10.2. The number of hydrogen-bond acceptors (Lipinski definition) is 5. The average Bonchev–Trinajstić information content (AvgIpc) is 2.60. The predicted molar refractivity (Wildman–Crippen MR) is 101 cm³/mol. The van der Waals surface area contributed by atoms with Crippen LogP contribution in [0.1, 0.15) is 37.0 Å². The SMILES string of the molecule is CCC(CC)(CN)NC(=O)c1ccc(S(=O)(=O)NCCOC)cc1.Cl. The number of nitrogens with two attached hydrogens (primary N) is 1. The number of halogens is 1. The Morgan fingerprint density at radius 2 is 1.76 bits per heavy atom. The van der Waals surface area contributed by atoms with Gasteiger partial charge in [0.2, 0.25) is 10.0 Å². The van der Waals surface area contributed by atoms with Crippen LogP contribution in [0.4, 0.5) is 0 Å². The summed E-state index contributed by atoms with van der Waals surface area (Å²) in [5, 5.41) is 2.95. The molecule has 0 atom stereocenters. The molecule has 7 nitrogen and oxygen atoms in total. The molecule has 0 saturated heterocycles.